The second kappa shape index (κ2) is 6.06. The Balaban J connectivity index is 2.11. The molecule has 106 valence electrons. The lowest BCUT2D eigenvalue weighted by Crippen LogP contribution is -2.47. The van der Waals surface area contributed by atoms with E-state index in [4.69, 9.17) is 0 Å². The van der Waals surface area contributed by atoms with Gasteiger partial charge in [0.1, 0.15) is 0 Å². The van der Waals surface area contributed by atoms with Crippen LogP contribution >= 0.6 is 0 Å². The van der Waals surface area contributed by atoms with E-state index in [0.717, 1.165) is 26.1 Å². The molecule has 1 N–H and O–H groups in total. The minimum Gasteiger partial charge on any atom is -0.307 e. The molecule has 0 amide bonds. The zero-order valence-corrected chi connectivity index (χ0v) is 12.9. The molecular formula is C17H28N2. The molecule has 2 nitrogen and oxygen atoms in total. The summed E-state index contributed by atoms with van der Waals surface area (Å²) in [5.74, 6) is 0. The fourth-order valence-corrected chi connectivity index (χ4v) is 3.22. The average Bonchev–Trinajstić information content (AvgIpc) is 2.39. The van der Waals surface area contributed by atoms with Crippen LogP contribution in [0.25, 0.3) is 0 Å². The van der Waals surface area contributed by atoms with Gasteiger partial charge in [0.2, 0.25) is 0 Å². The summed E-state index contributed by atoms with van der Waals surface area (Å²) in [4.78, 5) is 2.55. The van der Waals surface area contributed by atoms with E-state index < -0.39 is 0 Å². The highest BCUT2D eigenvalue weighted by Crippen LogP contribution is 2.31. The molecule has 1 heterocycles. The zero-order chi connectivity index (χ0) is 13.9. The molecule has 0 saturated heterocycles. The van der Waals surface area contributed by atoms with Gasteiger partial charge in [-0.2, -0.15) is 0 Å². The Morgan fingerprint density at radius 1 is 1.32 bits per heavy atom. The van der Waals surface area contributed by atoms with Gasteiger partial charge in [-0.05, 0) is 51.3 Å². The second-order valence-corrected chi connectivity index (χ2v) is 6.14. The van der Waals surface area contributed by atoms with E-state index in [1.54, 1.807) is 0 Å². The molecule has 0 fully saturated rings. The predicted molar refractivity (Wildman–Crippen MR) is 82.5 cm³/mol. The van der Waals surface area contributed by atoms with Gasteiger partial charge in [0.05, 0.1) is 0 Å². The number of hydrogen-bond acceptors (Lipinski definition) is 2. The molecule has 2 heteroatoms. The van der Waals surface area contributed by atoms with Crippen molar-refractivity contribution in [2.75, 3.05) is 19.6 Å². The summed E-state index contributed by atoms with van der Waals surface area (Å²) in [6.07, 6.45) is 2.34. The highest BCUT2D eigenvalue weighted by molar-refractivity contribution is 5.35. The van der Waals surface area contributed by atoms with Crippen LogP contribution in [0.1, 0.15) is 45.2 Å². The van der Waals surface area contributed by atoms with E-state index in [0.29, 0.717) is 6.04 Å². The van der Waals surface area contributed by atoms with E-state index in [1.807, 2.05) is 0 Å². The van der Waals surface area contributed by atoms with Gasteiger partial charge in [0.25, 0.3) is 0 Å². The number of nitrogens with zero attached hydrogens (tertiary/aromatic N) is 1. The van der Waals surface area contributed by atoms with E-state index in [1.165, 1.54) is 17.5 Å². The Morgan fingerprint density at radius 3 is 2.74 bits per heavy atom. The standard InChI is InChI=1S/C17H28N2/c1-5-19(14(2)3)13-11-17(4)16-9-7-6-8-15(16)10-12-18-17/h6-9,14,18H,5,10-13H2,1-4H3. The summed E-state index contributed by atoms with van der Waals surface area (Å²) in [7, 11) is 0. The Kier molecular flexibility index (Phi) is 4.64. The number of benzene rings is 1. The summed E-state index contributed by atoms with van der Waals surface area (Å²) in [6, 6.07) is 9.55. The van der Waals surface area contributed by atoms with Gasteiger partial charge < -0.3 is 10.2 Å². The van der Waals surface area contributed by atoms with E-state index in [-0.39, 0.29) is 5.54 Å². The SMILES string of the molecule is CCN(CCC1(C)NCCc2ccccc21)C(C)C. The van der Waals surface area contributed by atoms with Crippen LogP contribution in [0.4, 0.5) is 0 Å². The number of fused-ring (bicyclic) bond motifs is 1. The molecule has 19 heavy (non-hydrogen) atoms. The number of rotatable bonds is 5. The Bertz CT molecular complexity index is 413. The quantitative estimate of drug-likeness (QED) is 0.875. The molecule has 0 aromatic heterocycles. The molecule has 2 rings (SSSR count). The molecule has 1 aliphatic heterocycles. The summed E-state index contributed by atoms with van der Waals surface area (Å²) in [5, 5.41) is 3.74. The molecule has 0 bridgehead atoms. The van der Waals surface area contributed by atoms with Crippen LogP contribution in [0.15, 0.2) is 24.3 Å². The lowest BCUT2D eigenvalue weighted by molar-refractivity contribution is 0.193. The maximum absolute atomic E-state index is 3.74. The van der Waals surface area contributed by atoms with Crippen molar-refractivity contribution in [2.45, 2.75) is 52.1 Å². The zero-order valence-electron chi connectivity index (χ0n) is 12.9. The minimum atomic E-state index is 0.136. The molecule has 0 saturated carbocycles. The molecule has 0 aliphatic carbocycles. The molecule has 1 aromatic carbocycles. The summed E-state index contributed by atoms with van der Waals surface area (Å²) >= 11 is 0. The molecule has 1 atom stereocenters. The number of nitrogens with one attached hydrogen (secondary N) is 1. The predicted octanol–water partition coefficient (Wildman–Crippen LogP) is 3.17. The van der Waals surface area contributed by atoms with Crippen LogP contribution in [0, 0.1) is 0 Å². The normalized spacial score (nSPS) is 22.8. The summed E-state index contributed by atoms with van der Waals surface area (Å²) in [5.41, 5.74) is 3.16. The monoisotopic (exact) mass is 260 g/mol. The van der Waals surface area contributed by atoms with Crippen molar-refractivity contribution in [2.24, 2.45) is 0 Å². The van der Waals surface area contributed by atoms with Crippen LogP contribution in [0.5, 0.6) is 0 Å². The van der Waals surface area contributed by atoms with Crippen LogP contribution in [0.2, 0.25) is 0 Å². The first-order valence-electron chi connectivity index (χ1n) is 7.64. The first-order valence-corrected chi connectivity index (χ1v) is 7.64. The summed E-state index contributed by atoms with van der Waals surface area (Å²) in [6.45, 7) is 12.6. The van der Waals surface area contributed by atoms with Gasteiger partial charge in [-0.15, -0.1) is 0 Å². The smallest absolute Gasteiger partial charge is 0.0421 e. The van der Waals surface area contributed by atoms with Crippen molar-refractivity contribution >= 4 is 0 Å². The van der Waals surface area contributed by atoms with Gasteiger partial charge in [-0.3, -0.25) is 0 Å². The van der Waals surface area contributed by atoms with Crippen LogP contribution in [-0.4, -0.2) is 30.6 Å². The second-order valence-electron chi connectivity index (χ2n) is 6.14. The topological polar surface area (TPSA) is 15.3 Å². The van der Waals surface area contributed by atoms with Crippen molar-refractivity contribution in [3.05, 3.63) is 35.4 Å². The highest BCUT2D eigenvalue weighted by Gasteiger charge is 2.31. The Labute approximate surface area is 118 Å². The molecule has 1 aromatic rings. The average molecular weight is 260 g/mol. The maximum Gasteiger partial charge on any atom is 0.0421 e. The fraction of sp³-hybridized carbons (Fsp3) is 0.647. The van der Waals surface area contributed by atoms with Crippen LogP contribution in [-0.2, 0) is 12.0 Å². The van der Waals surface area contributed by atoms with Crippen molar-refractivity contribution in [1.29, 1.82) is 0 Å². The third kappa shape index (κ3) is 3.18. The van der Waals surface area contributed by atoms with Crippen molar-refractivity contribution < 1.29 is 0 Å². The minimum absolute atomic E-state index is 0.136. The molecule has 1 aliphatic rings. The van der Waals surface area contributed by atoms with Crippen LogP contribution < -0.4 is 5.32 Å². The maximum atomic E-state index is 3.74. The summed E-state index contributed by atoms with van der Waals surface area (Å²) < 4.78 is 0. The van der Waals surface area contributed by atoms with Gasteiger partial charge in [0.15, 0.2) is 0 Å². The first kappa shape index (κ1) is 14.5. The van der Waals surface area contributed by atoms with Gasteiger partial charge in [-0.1, -0.05) is 31.2 Å². The largest absolute Gasteiger partial charge is 0.307 e. The fourth-order valence-electron chi connectivity index (χ4n) is 3.22. The van der Waals surface area contributed by atoms with E-state index in [9.17, 15) is 0 Å². The van der Waals surface area contributed by atoms with Crippen molar-refractivity contribution in [1.82, 2.24) is 10.2 Å². The van der Waals surface area contributed by atoms with Gasteiger partial charge >= 0.3 is 0 Å². The molecular weight excluding hydrogens is 232 g/mol. The Morgan fingerprint density at radius 2 is 2.05 bits per heavy atom. The molecule has 0 radical (unpaired) electrons. The molecule has 0 spiro atoms. The number of hydrogen-bond donors (Lipinski definition) is 1. The van der Waals surface area contributed by atoms with Gasteiger partial charge in [-0.25, -0.2) is 0 Å². The lowest BCUT2D eigenvalue weighted by atomic mass is 9.81. The third-order valence-electron chi connectivity index (χ3n) is 4.56. The molecule has 1 unspecified atom stereocenters. The lowest BCUT2D eigenvalue weighted by Gasteiger charge is -2.39. The van der Waals surface area contributed by atoms with E-state index >= 15 is 0 Å². The Hall–Kier alpha value is -0.860. The first-order chi connectivity index (χ1) is 9.07. The highest BCUT2D eigenvalue weighted by atomic mass is 15.1. The van der Waals surface area contributed by atoms with Gasteiger partial charge in [0, 0.05) is 24.7 Å². The van der Waals surface area contributed by atoms with Crippen LogP contribution in [0.3, 0.4) is 0 Å². The van der Waals surface area contributed by atoms with Crippen molar-refractivity contribution in [3.8, 4) is 0 Å². The third-order valence-corrected chi connectivity index (χ3v) is 4.56. The van der Waals surface area contributed by atoms with Crippen molar-refractivity contribution in [3.63, 3.8) is 0 Å². The van der Waals surface area contributed by atoms with E-state index in [2.05, 4.69) is 62.2 Å².